The number of carboxylic acid groups (broad SMARTS) is 1. The van der Waals surface area contributed by atoms with Gasteiger partial charge in [-0.1, -0.05) is 5.16 Å². The van der Waals surface area contributed by atoms with Crippen LogP contribution in [0.5, 0.6) is 0 Å². The van der Waals surface area contributed by atoms with E-state index in [0.29, 0.717) is 24.8 Å². The molecular formula is C10H15N3O3. The van der Waals surface area contributed by atoms with Crippen LogP contribution >= 0.6 is 0 Å². The normalized spacial score (nSPS) is 22.2. The summed E-state index contributed by atoms with van der Waals surface area (Å²) in [5.74, 6) is 0.189. The molecular weight excluding hydrogens is 210 g/mol. The fraction of sp³-hybridized carbons (Fsp3) is 0.700. The second kappa shape index (κ2) is 4.61. The van der Waals surface area contributed by atoms with E-state index in [1.54, 1.807) is 6.92 Å². The molecule has 16 heavy (non-hydrogen) atoms. The number of carbonyl (C=O) groups is 1. The average molecular weight is 225 g/mol. The van der Waals surface area contributed by atoms with E-state index in [2.05, 4.69) is 15.0 Å². The van der Waals surface area contributed by atoms with E-state index in [1.165, 1.54) is 0 Å². The molecule has 2 heterocycles. The lowest BCUT2D eigenvalue weighted by Crippen LogP contribution is -2.38. The summed E-state index contributed by atoms with van der Waals surface area (Å²) in [7, 11) is 0. The largest absolute Gasteiger partial charge is 0.481 e. The first kappa shape index (κ1) is 11.1. The lowest BCUT2D eigenvalue weighted by atomic mass is 9.98. The highest BCUT2D eigenvalue weighted by molar-refractivity contribution is 5.70. The van der Waals surface area contributed by atoms with Crippen LogP contribution in [-0.4, -0.2) is 39.2 Å². The van der Waals surface area contributed by atoms with Crippen LogP contribution in [0.1, 0.15) is 24.6 Å². The number of rotatable bonds is 3. The van der Waals surface area contributed by atoms with Gasteiger partial charge in [0.05, 0.1) is 12.5 Å². The zero-order chi connectivity index (χ0) is 11.5. The average Bonchev–Trinajstić information content (AvgIpc) is 2.64. The number of nitrogens with zero attached hydrogens (tertiary/aromatic N) is 3. The van der Waals surface area contributed by atoms with E-state index < -0.39 is 5.97 Å². The Labute approximate surface area is 93.2 Å². The molecule has 0 aromatic carbocycles. The minimum Gasteiger partial charge on any atom is -0.481 e. The predicted octanol–water partition coefficient (Wildman–Crippen LogP) is 0.675. The number of piperidine rings is 1. The maximum absolute atomic E-state index is 10.9. The number of carboxylic acids is 1. The molecule has 0 bridgehead atoms. The molecule has 1 aliphatic heterocycles. The van der Waals surface area contributed by atoms with Crippen molar-refractivity contribution in [2.45, 2.75) is 26.3 Å². The van der Waals surface area contributed by atoms with E-state index in [4.69, 9.17) is 9.63 Å². The van der Waals surface area contributed by atoms with E-state index >= 15 is 0 Å². The molecule has 0 aliphatic carbocycles. The van der Waals surface area contributed by atoms with Crippen LogP contribution in [0.15, 0.2) is 4.52 Å². The molecule has 1 aromatic rings. The predicted molar refractivity (Wildman–Crippen MR) is 54.7 cm³/mol. The minimum atomic E-state index is -0.716. The first-order valence-corrected chi connectivity index (χ1v) is 5.39. The molecule has 0 radical (unpaired) electrons. The molecule has 1 aliphatic rings. The summed E-state index contributed by atoms with van der Waals surface area (Å²) in [6, 6.07) is 0. The van der Waals surface area contributed by atoms with Gasteiger partial charge in [-0.15, -0.1) is 0 Å². The number of hydrogen-bond acceptors (Lipinski definition) is 5. The molecule has 0 amide bonds. The zero-order valence-corrected chi connectivity index (χ0v) is 9.22. The lowest BCUT2D eigenvalue weighted by molar-refractivity contribution is -0.143. The van der Waals surface area contributed by atoms with Crippen LogP contribution in [0.4, 0.5) is 0 Å². The maximum atomic E-state index is 10.9. The summed E-state index contributed by atoms with van der Waals surface area (Å²) in [6.45, 7) is 3.77. The van der Waals surface area contributed by atoms with E-state index in [1.807, 2.05) is 0 Å². The third-order valence-electron chi connectivity index (χ3n) is 2.78. The third-order valence-corrected chi connectivity index (χ3v) is 2.78. The monoisotopic (exact) mass is 225 g/mol. The summed E-state index contributed by atoms with van der Waals surface area (Å²) in [4.78, 5) is 17.0. The van der Waals surface area contributed by atoms with Crippen LogP contribution in [-0.2, 0) is 11.3 Å². The Bertz CT molecular complexity index is 377. The standard InChI is InChI=1S/C10H15N3O3/c1-7-11-9(16-12-7)6-13-4-2-3-8(5-13)10(14)15/h8H,2-6H2,1H3,(H,14,15)/t8-/m0/s1. The van der Waals surface area contributed by atoms with Gasteiger partial charge in [-0.3, -0.25) is 9.69 Å². The van der Waals surface area contributed by atoms with Gasteiger partial charge in [0.2, 0.25) is 5.89 Å². The first-order valence-electron chi connectivity index (χ1n) is 5.39. The van der Waals surface area contributed by atoms with Crippen LogP contribution in [0.2, 0.25) is 0 Å². The Hall–Kier alpha value is -1.43. The van der Waals surface area contributed by atoms with Crippen molar-refractivity contribution in [2.24, 2.45) is 5.92 Å². The van der Waals surface area contributed by atoms with Crippen LogP contribution in [0.3, 0.4) is 0 Å². The lowest BCUT2D eigenvalue weighted by Gasteiger charge is -2.29. The topological polar surface area (TPSA) is 79.5 Å². The summed E-state index contributed by atoms with van der Waals surface area (Å²) < 4.78 is 5.01. The molecule has 2 rings (SSSR count). The van der Waals surface area contributed by atoms with Crippen LogP contribution < -0.4 is 0 Å². The number of aliphatic carboxylic acids is 1. The Morgan fingerprint density at radius 3 is 3.12 bits per heavy atom. The smallest absolute Gasteiger partial charge is 0.307 e. The van der Waals surface area contributed by atoms with Crippen molar-refractivity contribution in [3.63, 3.8) is 0 Å². The molecule has 0 spiro atoms. The van der Waals surface area contributed by atoms with E-state index in [0.717, 1.165) is 19.4 Å². The number of aromatic nitrogens is 2. The Morgan fingerprint density at radius 2 is 2.50 bits per heavy atom. The van der Waals surface area contributed by atoms with Crippen molar-refractivity contribution < 1.29 is 14.4 Å². The van der Waals surface area contributed by atoms with E-state index in [9.17, 15) is 4.79 Å². The quantitative estimate of drug-likeness (QED) is 0.814. The molecule has 1 N–H and O–H groups in total. The SMILES string of the molecule is Cc1noc(CN2CCC[C@H](C(=O)O)C2)n1. The number of aryl methyl sites for hydroxylation is 1. The Morgan fingerprint density at radius 1 is 1.69 bits per heavy atom. The van der Waals surface area contributed by atoms with Crippen LogP contribution in [0, 0.1) is 12.8 Å². The summed E-state index contributed by atoms with van der Waals surface area (Å²) in [5, 5.41) is 12.7. The second-order valence-corrected chi connectivity index (χ2v) is 4.15. The summed E-state index contributed by atoms with van der Waals surface area (Å²) in [6.07, 6.45) is 1.67. The molecule has 6 heteroatoms. The second-order valence-electron chi connectivity index (χ2n) is 4.15. The first-order chi connectivity index (χ1) is 7.65. The summed E-state index contributed by atoms with van der Waals surface area (Å²) in [5.41, 5.74) is 0. The minimum absolute atomic E-state index is 0.266. The van der Waals surface area contributed by atoms with E-state index in [-0.39, 0.29) is 5.92 Å². The molecule has 1 saturated heterocycles. The van der Waals surface area contributed by atoms with Crippen LogP contribution in [0.25, 0.3) is 0 Å². The van der Waals surface area contributed by atoms with Gasteiger partial charge in [-0.2, -0.15) is 4.98 Å². The molecule has 1 atom stereocenters. The van der Waals surface area contributed by atoms with Gasteiger partial charge < -0.3 is 9.63 Å². The molecule has 0 saturated carbocycles. The fourth-order valence-electron chi connectivity index (χ4n) is 2.00. The van der Waals surface area contributed by atoms with Crippen molar-refractivity contribution in [3.05, 3.63) is 11.7 Å². The van der Waals surface area contributed by atoms with Gasteiger partial charge in [0.25, 0.3) is 0 Å². The number of hydrogen-bond donors (Lipinski definition) is 1. The number of likely N-dealkylation sites (tertiary alicyclic amines) is 1. The fourth-order valence-corrected chi connectivity index (χ4v) is 2.00. The van der Waals surface area contributed by atoms with Gasteiger partial charge in [0, 0.05) is 6.54 Å². The van der Waals surface area contributed by atoms with Crippen molar-refractivity contribution >= 4 is 5.97 Å². The molecule has 6 nitrogen and oxygen atoms in total. The molecule has 1 aromatic heterocycles. The maximum Gasteiger partial charge on any atom is 0.307 e. The highest BCUT2D eigenvalue weighted by Crippen LogP contribution is 2.18. The van der Waals surface area contributed by atoms with Crippen molar-refractivity contribution in [3.8, 4) is 0 Å². The van der Waals surface area contributed by atoms with Gasteiger partial charge in [-0.05, 0) is 26.3 Å². The molecule has 88 valence electrons. The van der Waals surface area contributed by atoms with Gasteiger partial charge in [0.1, 0.15) is 0 Å². The van der Waals surface area contributed by atoms with Crippen molar-refractivity contribution in [2.75, 3.05) is 13.1 Å². The molecule has 1 fully saturated rings. The van der Waals surface area contributed by atoms with Crippen molar-refractivity contribution in [1.82, 2.24) is 15.0 Å². The third kappa shape index (κ3) is 2.57. The summed E-state index contributed by atoms with van der Waals surface area (Å²) >= 11 is 0. The van der Waals surface area contributed by atoms with Gasteiger partial charge in [-0.25, -0.2) is 0 Å². The molecule has 0 unspecified atom stereocenters. The Kier molecular flexibility index (Phi) is 3.19. The van der Waals surface area contributed by atoms with Crippen molar-refractivity contribution in [1.29, 1.82) is 0 Å². The van der Waals surface area contributed by atoms with Gasteiger partial charge in [0.15, 0.2) is 5.82 Å². The highest BCUT2D eigenvalue weighted by Gasteiger charge is 2.26. The van der Waals surface area contributed by atoms with Gasteiger partial charge >= 0.3 is 5.97 Å². The zero-order valence-electron chi connectivity index (χ0n) is 9.22. The Balaban J connectivity index is 1.92. The highest BCUT2D eigenvalue weighted by atomic mass is 16.5.